The number of carbonyl (C=O) groups excluding carboxylic acids is 2. The molecule has 0 aromatic rings. The second-order valence-corrected chi connectivity index (χ2v) is 16.7. The number of aliphatic hydroxyl groups excluding tert-OH is 1. The van der Waals surface area contributed by atoms with Gasteiger partial charge in [-0.15, -0.1) is 0 Å². The molecule has 336 valence electrons. The lowest BCUT2D eigenvalue weighted by atomic mass is 10.0. The number of hydrogen-bond acceptors (Lipinski definition) is 8. The molecule has 0 rings (SSSR count). The lowest BCUT2D eigenvalue weighted by Gasteiger charge is -2.18. The average Bonchev–Trinajstić information content (AvgIpc) is 3.20. The summed E-state index contributed by atoms with van der Waals surface area (Å²) in [6.07, 6.45) is 45.6. The molecule has 3 atom stereocenters. The predicted molar refractivity (Wildman–Crippen MR) is 235 cm³/mol. The van der Waals surface area contributed by atoms with Crippen LogP contribution in [-0.2, 0) is 32.7 Å². The number of carboxylic acids is 1. The van der Waals surface area contributed by atoms with Gasteiger partial charge in [0.1, 0.15) is 12.7 Å². The summed E-state index contributed by atoms with van der Waals surface area (Å²) in [5, 5.41) is 21.8. The third kappa shape index (κ3) is 40.2. The maximum atomic E-state index is 12.3. The molecule has 58 heavy (non-hydrogen) atoms. The van der Waals surface area contributed by atoms with E-state index in [0.29, 0.717) is 12.8 Å². The van der Waals surface area contributed by atoms with Crippen LogP contribution in [0.4, 0.5) is 0 Å². The van der Waals surface area contributed by atoms with Gasteiger partial charge in [0.15, 0.2) is 6.04 Å². The second kappa shape index (κ2) is 41.2. The van der Waals surface area contributed by atoms with Crippen molar-refractivity contribution in [2.75, 3.05) is 19.8 Å². The number of aliphatic carboxylic acids is 1. The van der Waals surface area contributed by atoms with Gasteiger partial charge in [-0.05, 0) is 57.8 Å². The Kier molecular flexibility index (Phi) is 39.4. The molecule has 12 heteroatoms. The molecule has 0 aliphatic carbocycles. The number of rotatable bonds is 42. The zero-order valence-corrected chi connectivity index (χ0v) is 37.2. The molecule has 0 aromatic heterocycles. The summed E-state index contributed by atoms with van der Waals surface area (Å²) in [5.41, 5.74) is 0. The third-order valence-electron chi connectivity index (χ3n) is 9.62. The van der Waals surface area contributed by atoms with Gasteiger partial charge in [-0.1, -0.05) is 172 Å². The van der Waals surface area contributed by atoms with Gasteiger partial charge in [0.05, 0.1) is 13.2 Å². The summed E-state index contributed by atoms with van der Waals surface area (Å²) in [4.78, 5) is 45.9. The monoisotopic (exact) mass is 840 g/mol. The largest absolute Gasteiger partial charge is 0.480 e. The number of carbonyl (C=O) groups is 3. The maximum Gasteiger partial charge on any atom is 0.472 e. The highest BCUT2D eigenvalue weighted by Crippen LogP contribution is 2.43. The van der Waals surface area contributed by atoms with Gasteiger partial charge in [0.25, 0.3) is 0 Å². The molecule has 11 nitrogen and oxygen atoms in total. The van der Waals surface area contributed by atoms with E-state index in [2.05, 4.69) is 67.8 Å². The fraction of sp³-hybridized carbons (Fsp3) is 0.761. The molecular weight excluding hydrogens is 757 g/mol. The first-order valence-corrected chi connectivity index (χ1v) is 24.2. The second-order valence-electron chi connectivity index (χ2n) is 15.2. The topological polar surface area (TPSA) is 169 Å². The zero-order chi connectivity index (χ0) is 42.8. The number of carboxylic acid groups (broad SMARTS) is 1. The van der Waals surface area contributed by atoms with Crippen LogP contribution in [0.15, 0.2) is 48.6 Å². The van der Waals surface area contributed by atoms with E-state index in [1.54, 1.807) is 0 Å². The molecule has 0 aliphatic heterocycles. The minimum Gasteiger partial charge on any atom is -0.480 e. The number of ether oxygens (including phenoxy) is 1. The van der Waals surface area contributed by atoms with Gasteiger partial charge in [0, 0.05) is 12.8 Å². The van der Waals surface area contributed by atoms with Crippen LogP contribution in [0.5, 0.6) is 0 Å². The Morgan fingerprint density at radius 3 is 1.45 bits per heavy atom. The van der Waals surface area contributed by atoms with Crippen LogP contribution in [0.3, 0.4) is 0 Å². The van der Waals surface area contributed by atoms with Crippen LogP contribution >= 0.6 is 7.82 Å². The Morgan fingerprint density at radius 2 is 0.948 bits per heavy atom. The molecular formula is C46H82NO10P. The lowest BCUT2D eigenvalue weighted by molar-refractivity contribution is -0.147. The van der Waals surface area contributed by atoms with Gasteiger partial charge in [-0.25, -0.2) is 9.36 Å². The van der Waals surface area contributed by atoms with Gasteiger partial charge in [0.2, 0.25) is 5.91 Å². The highest BCUT2D eigenvalue weighted by atomic mass is 31.2. The van der Waals surface area contributed by atoms with E-state index in [1.165, 1.54) is 96.3 Å². The summed E-state index contributed by atoms with van der Waals surface area (Å²) in [6, 6.07) is -1.55. The number of nitrogens with one attached hydrogen (secondary N) is 1. The SMILES string of the molecule is CCCCC/C=C\C/C=C\C/C=C\C/C=C\CCCCCC(=O)OCC(O)COP(=O)(O)OCC(NC(=O)CCCCCCCCCCCCCCCCC)C(=O)O. The molecule has 0 saturated heterocycles. The lowest BCUT2D eigenvalue weighted by Crippen LogP contribution is -2.43. The Labute approximate surface area is 352 Å². The van der Waals surface area contributed by atoms with Crippen LogP contribution in [0, 0.1) is 0 Å². The molecule has 0 fully saturated rings. The van der Waals surface area contributed by atoms with Crippen LogP contribution in [0.2, 0.25) is 0 Å². The number of allylic oxidation sites excluding steroid dienone is 8. The summed E-state index contributed by atoms with van der Waals surface area (Å²) >= 11 is 0. The van der Waals surface area contributed by atoms with Gasteiger partial charge < -0.3 is 25.2 Å². The molecule has 0 aliphatic rings. The van der Waals surface area contributed by atoms with Crippen LogP contribution < -0.4 is 5.32 Å². The van der Waals surface area contributed by atoms with Crippen molar-refractivity contribution in [3.63, 3.8) is 0 Å². The summed E-state index contributed by atoms with van der Waals surface area (Å²) in [5.74, 6) is -2.40. The minimum absolute atomic E-state index is 0.145. The molecule has 3 unspecified atom stereocenters. The molecule has 1 amide bonds. The molecule has 0 radical (unpaired) electrons. The predicted octanol–water partition coefficient (Wildman–Crippen LogP) is 11.8. The van der Waals surface area contributed by atoms with Gasteiger partial charge in [-0.2, -0.15) is 0 Å². The zero-order valence-electron chi connectivity index (χ0n) is 36.3. The molecule has 0 bridgehead atoms. The third-order valence-corrected chi connectivity index (χ3v) is 10.6. The minimum atomic E-state index is -4.76. The Balaban J connectivity index is 3.94. The summed E-state index contributed by atoms with van der Waals surface area (Å²) < 4.78 is 26.8. The highest BCUT2D eigenvalue weighted by Gasteiger charge is 2.28. The molecule has 0 spiro atoms. The first-order chi connectivity index (χ1) is 28.1. The van der Waals surface area contributed by atoms with E-state index in [4.69, 9.17) is 13.8 Å². The number of phosphoric acid groups is 1. The molecule has 0 saturated carbocycles. The van der Waals surface area contributed by atoms with Crippen molar-refractivity contribution < 1.29 is 47.8 Å². The first kappa shape index (κ1) is 55.4. The van der Waals surface area contributed by atoms with Gasteiger partial charge in [-0.3, -0.25) is 18.6 Å². The molecule has 0 aromatic carbocycles. The summed E-state index contributed by atoms with van der Waals surface area (Å²) in [6.45, 7) is 2.54. The maximum absolute atomic E-state index is 12.3. The van der Waals surface area contributed by atoms with Crippen molar-refractivity contribution in [1.82, 2.24) is 5.32 Å². The number of phosphoric ester groups is 1. The van der Waals surface area contributed by atoms with E-state index in [9.17, 15) is 34.1 Å². The van der Waals surface area contributed by atoms with Crippen molar-refractivity contribution in [1.29, 1.82) is 0 Å². The van der Waals surface area contributed by atoms with E-state index < -0.39 is 57.6 Å². The standard InChI is InChI=1S/C46H82NO10P/c1-3-5-7-9-11-13-15-17-19-20-21-22-24-26-28-30-32-34-36-38-45(50)55-39-42(48)40-56-58(53,54)57-41-43(46(51)52)47-44(49)37-35-33-31-29-27-25-23-18-16-14-12-10-8-6-4-2/h11,13,17,19,21-22,26,28,42-43,48H,3-10,12,14-16,18,20,23-25,27,29-41H2,1-2H3,(H,47,49)(H,51,52)(H,53,54)/b13-11-,19-17-,22-21-,28-26-. The van der Waals surface area contributed by atoms with Crippen molar-refractivity contribution in [2.45, 2.75) is 206 Å². The van der Waals surface area contributed by atoms with Gasteiger partial charge >= 0.3 is 19.8 Å². The van der Waals surface area contributed by atoms with Crippen LogP contribution in [0.1, 0.15) is 194 Å². The number of amides is 1. The molecule has 0 heterocycles. The van der Waals surface area contributed by atoms with E-state index >= 15 is 0 Å². The van der Waals surface area contributed by atoms with Crippen LogP contribution in [-0.4, -0.2) is 64.9 Å². The number of unbranched alkanes of at least 4 members (excludes halogenated alkanes) is 20. The quantitative estimate of drug-likeness (QED) is 0.0201. The average molecular weight is 840 g/mol. The van der Waals surface area contributed by atoms with Crippen molar-refractivity contribution in [3.8, 4) is 0 Å². The summed E-state index contributed by atoms with van der Waals surface area (Å²) in [7, 11) is -4.76. The smallest absolute Gasteiger partial charge is 0.472 e. The normalized spacial score (nSPS) is 14.1. The van der Waals surface area contributed by atoms with Crippen LogP contribution in [0.25, 0.3) is 0 Å². The fourth-order valence-corrected chi connectivity index (χ4v) is 6.84. The Morgan fingerprint density at radius 1 is 0.552 bits per heavy atom. The Hall–Kier alpha value is -2.56. The number of hydrogen-bond donors (Lipinski definition) is 4. The molecule has 4 N–H and O–H groups in total. The van der Waals surface area contributed by atoms with E-state index in [-0.39, 0.29) is 12.8 Å². The number of esters is 1. The van der Waals surface area contributed by atoms with Crippen molar-refractivity contribution in [3.05, 3.63) is 48.6 Å². The number of aliphatic hydroxyl groups is 1. The van der Waals surface area contributed by atoms with Crippen molar-refractivity contribution >= 4 is 25.7 Å². The highest BCUT2D eigenvalue weighted by molar-refractivity contribution is 7.47. The van der Waals surface area contributed by atoms with E-state index in [0.717, 1.165) is 57.8 Å². The Bertz CT molecular complexity index is 1170. The first-order valence-electron chi connectivity index (χ1n) is 22.7. The fourth-order valence-electron chi connectivity index (χ4n) is 6.06. The van der Waals surface area contributed by atoms with E-state index in [1.807, 2.05) is 0 Å². The van der Waals surface area contributed by atoms with Crippen molar-refractivity contribution in [2.24, 2.45) is 0 Å².